The summed E-state index contributed by atoms with van der Waals surface area (Å²) >= 11 is 0. The van der Waals surface area contributed by atoms with Gasteiger partial charge in [0.2, 0.25) is 0 Å². The molecule has 2 heteroatoms. The third-order valence-electron chi connectivity index (χ3n) is 3.99. The maximum atomic E-state index is 12.0. The van der Waals surface area contributed by atoms with E-state index in [2.05, 4.69) is 24.9 Å². The van der Waals surface area contributed by atoms with Crippen molar-refractivity contribution < 1.29 is 4.79 Å². The largest absolute Gasteiger partial charge is 0.348 e. The van der Waals surface area contributed by atoms with E-state index in [4.69, 9.17) is 0 Å². The number of carbonyl (C=O) groups is 1. The summed E-state index contributed by atoms with van der Waals surface area (Å²) in [5.74, 6) is 0.625. The second-order valence-corrected chi connectivity index (χ2v) is 5.73. The predicted octanol–water partition coefficient (Wildman–Crippen LogP) is 4.03. The van der Waals surface area contributed by atoms with Crippen LogP contribution in [-0.4, -0.2) is 12.5 Å². The van der Waals surface area contributed by atoms with Crippen LogP contribution in [0.25, 0.3) is 0 Å². The minimum absolute atomic E-state index is 0.00734. The fourth-order valence-corrected chi connectivity index (χ4v) is 2.50. The molecule has 1 aliphatic carbocycles. The van der Waals surface area contributed by atoms with Crippen molar-refractivity contribution in [2.45, 2.75) is 33.1 Å². The first kappa shape index (κ1) is 14.6. The van der Waals surface area contributed by atoms with Crippen LogP contribution >= 0.6 is 0 Å². The number of allylic oxidation sites excluding steroid dienone is 2. The summed E-state index contributed by atoms with van der Waals surface area (Å²) in [6.07, 6.45) is 5.54. The van der Waals surface area contributed by atoms with Crippen LogP contribution in [0.15, 0.2) is 48.1 Å². The molecule has 1 N–H and O–H groups in total. The molecule has 1 aromatic carbocycles. The lowest BCUT2D eigenvalue weighted by atomic mass is 9.85. The Labute approximate surface area is 121 Å². The molecule has 0 radical (unpaired) electrons. The Morgan fingerprint density at radius 2 is 2.05 bits per heavy atom. The summed E-state index contributed by atoms with van der Waals surface area (Å²) < 4.78 is 0. The van der Waals surface area contributed by atoms with Gasteiger partial charge in [-0.05, 0) is 51.2 Å². The van der Waals surface area contributed by atoms with E-state index >= 15 is 0 Å². The molecule has 2 nitrogen and oxygen atoms in total. The average Bonchev–Trinajstić information content (AvgIpc) is 2.46. The summed E-state index contributed by atoms with van der Waals surface area (Å²) in [5.41, 5.74) is 4.50. The normalized spacial score (nSPS) is 18.3. The zero-order valence-electron chi connectivity index (χ0n) is 12.4. The van der Waals surface area contributed by atoms with E-state index in [1.165, 1.54) is 16.7 Å². The van der Waals surface area contributed by atoms with Gasteiger partial charge in [-0.2, -0.15) is 0 Å². The number of hydrogen-bond donors (Lipinski definition) is 1. The molecular formula is C18H23NO. The van der Waals surface area contributed by atoms with Crippen molar-refractivity contribution in [3.05, 3.63) is 59.2 Å². The van der Waals surface area contributed by atoms with Crippen molar-refractivity contribution in [3.8, 4) is 0 Å². The fourth-order valence-electron chi connectivity index (χ4n) is 2.50. The van der Waals surface area contributed by atoms with Gasteiger partial charge in [0, 0.05) is 12.1 Å². The Morgan fingerprint density at radius 1 is 1.35 bits per heavy atom. The lowest BCUT2D eigenvalue weighted by Crippen LogP contribution is -2.26. The van der Waals surface area contributed by atoms with Crippen molar-refractivity contribution in [2.75, 3.05) is 6.54 Å². The molecule has 0 heterocycles. The first-order valence-electron chi connectivity index (χ1n) is 7.24. The molecule has 0 bridgehead atoms. The summed E-state index contributed by atoms with van der Waals surface area (Å²) in [7, 11) is 0. The summed E-state index contributed by atoms with van der Waals surface area (Å²) in [5, 5.41) is 3.00. The highest BCUT2D eigenvalue weighted by Gasteiger charge is 2.15. The number of benzene rings is 1. The summed E-state index contributed by atoms with van der Waals surface area (Å²) in [6, 6.07) is 7.67. The zero-order valence-corrected chi connectivity index (χ0v) is 12.4. The highest BCUT2D eigenvalue weighted by atomic mass is 16.1. The van der Waals surface area contributed by atoms with Gasteiger partial charge in [-0.3, -0.25) is 4.79 Å². The lowest BCUT2D eigenvalue weighted by molar-refractivity contribution is 0.0956. The highest BCUT2D eigenvalue weighted by molar-refractivity contribution is 5.94. The Bertz CT molecular complexity index is 525. The van der Waals surface area contributed by atoms with Crippen LogP contribution in [0.1, 0.15) is 42.1 Å². The van der Waals surface area contributed by atoms with Gasteiger partial charge in [0.05, 0.1) is 0 Å². The lowest BCUT2D eigenvalue weighted by Gasteiger charge is -2.22. The molecule has 0 spiro atoms. The van der Waals surface area contributed by atoms with Crippen LogP contribution < -0.4 is 5.32 Å². The standard InChI is InChI=1S/C18H23NO/c1-13(2)16-10-6-15(7-11-16)12-19-18(20)17-8-4-14(3)5-9-17/h4-6,8-9,16H,1,7,10-12H2,2-3H3,(H,19,20)/t16-/m1/s1. The van der Waals surface area contributed by atoms with Gasteiger partial charge in [0.1, 0.15) is 0 Å². The maximum absolute atomic E-state index is 12.0. The van der Waals surface area contributed by atoms with E-state index in [9.17, 15) is 4.79 Å². The molecule has 0 saturated heterocycles. The maximum Gasteiger partial charge on any atom is 0.251 e. The van der Waals surface area contributed by atoms with Gasteiger partial charge >= 0.3 is 0 Å². The minimum atomic E-state index is 0.00734. The van der Waals surface area contributed by atoms with Crippen LogP contribution in [0.5, 0.6) is 0 Å². The van der Waals surface area contributed by atoms with Gasteiger partial charge in [-0.25, -0.2) is 0 Å². The molecule has 1 atom stereocenters. The predicted molar refractivity (Wildman–Crippen MR) is 83.8 cm³/mol. The summed E-state index contributed by atoms with van der Waals surface area (Å²) in [4.78, 5) is 12.0. The van der Waals surface area contributed by atoms with Crippen LogP contribution in [0.4, 0.5) is 0 Å². The molecule has 1 aromatic rings. The number of amides is 1. The molecule has 0 saturated carbocycles. The van der Waals surface area contributed by atoms with E-state index in [-0.39, 0.29) is 5.91 Å². The quantitative estimate of drug-likeness (QED) is 0.822. The van der Waals surface area contributed by atoms with Gasteiger partial charge < -0.3 is 5.32 Å². The minimum Gasteiger partial charge on any atom is -0.348 e. The Kier molecular flexibility index (Phi) is 4.78. The second kappa shape index (κ2) is 6.56. The van der Waals surface area contributed by atoms with Crippen molar-refractivity contribution in [1.82, 2.24) is 5.32 Å². The van der Waals surface area contributed by atoms with E-state index in [0.29, 0.717) is 12.5 Å². The van der Waals surface area contributed by atoms with Crippen molar-refractivity contribution in [2.24, 2.45) is 5.92 Å². The number of rotatable bonds is 4. The Hall–Kier alpha value is -1.83. The van der Waals surface area contributed by atoms with E-state index in [1.807, 2.05) is 31.2 Å². The monoisotopic (exact) mass is 269 g/mol. The van der Waals surface area contributed by atoms with Crippen LogP contribution in [0, 0.1) is 12.8 Å². The average molecular weight is 269 g/mol. The second-order valence-electron chi connectivity index (χ2n) is 5.73. The van der Waals surface area contributed by atoms with Gasteiger partial charge in [0.15, 0.2) is 0 Å². The number of carbonyl (C=O) groups excluding carboxylic acids is 1. The van der Waals surface area contributed by atoms with Crippen molar-refractivity contribution >= 4 is 5.91 Å². The number of hydrogen-bond acceptors (Lipinski definition) is 1. The zero-order chi connectivity index (χ0) is 14.5. The van der Waals surface area contributed by atoms with Crippen LogP contribution in [-0.2, 0) is 0 Å². The first-order valence-corrected chi connectivity index (χ1v) is 7.24. The highest BCUT2D eigenvalue weighted by Crippen LogP contribution is 2.27. The number of aryl methyl sites for hydroxylation is 1. The SMILES string of the molecule is C=C(C)[C@@H]1CC=C(CNC(=O)c2ccc(C)cc2)CC1. The Morgan fingerprint density at radius 3 is 2.60 bits per heavy atom. The molecule has 0 aromatic heterocycles. The van der Waals surface area contributed by atoms with Gasteiger partial charge in [-0.15, -0.1) is 0 Å². The van der Waals surface area contributed by atoms with E-state index < -0.39 is 0 Å². The van der Waals surface area contributed by atoms with Gasteiger partial charge in [0.25, 0.3) is 5.91 Å². The molecule has 1 aliphatic rings. The Balaban J connectivity index is 1.85. The number of nitrogens with one attached hydrogen (secondary N) is 1. The fraction of sp³-hybridized carbons (Fsp3) is 0.389. The molecular weight excluding hydrogens is 246 g/mol. The van der Waals surface area contributed by atoms with Crippen LogP contribution in [0.2, 0.25) is 0 Å². The molecule has 106 valence electrons. The smallest absolute Gasteiger partial charge is 0.251 e. The third kappa shape index (κ3) is 3.83. The van der Waals surface area contributed by atoms with Gasteiger partial charge in [-0.1, -0.05) is 41.5 Å². The van der Waals surface area contributed by atoms with Crippen molar-refractivity contribution in [3.63, 3.8) is 0 Å². The summed E-state index contributed by atoms with van der Waals surface area (Å²) in [6.45, 7) is 8.81. The first-order chi connectivity index (χ1) is 9.56. The molecule has 0 fully saturated rings. The van der Waals surface area contributed by atoms with Crippen LogP contribution in [0.3, 0.4) is 0 Å². The molecule has 0 aliphatic heterocycles. The third-order valence-corrected chi connectivity index (χ3v) is 3.99. The molecule has 0 unspecified atom stereocenters. The topological polar surface area (TPSA) is 29.1 Å². The van der Waals surface area contributed by atoms with Crippen molar-refractivity contribution in [1.29, 1.82) is 0 Å². The van der Waals surface area contributed by atoms with E-state index in [1.54, 1.807) is 0 Å². The molecule has 2 rings (SSSR count). The van der Waals surface area contributed by atoms with E-state index in [0.717, 1.165) is 24.8 Å². The molecule has 20 heavy (non-hydrogen) atoms. The molecule has 1 amide bonds.